The van der Waals surface area contributed by atoms with Crippen LogP contribution in [0.5, 0.6) is 23.0 Å². The zero-order valence-corrected chi connectivity index (χ0v) is 22.8. The number of benzene rings is 4. The molecule has 1 aliphatic heterocycles. The van der Waals surface area contributed by atoms with Gasteiger partial charge in [0.15, 0.2) is 18.1 Å². The van der Waals surface area contributed by atoms with Crippen LogP contribution in [-0.4, -0.2) is 43.3 Å². The Bertz CT molecular complexity index is 1440. The smallest absolute Gasteiger partial charge is 0.261 e. The van der Waals surface area contributed by atoms with E-state index in [1.807, 2.05) is 91.0 Å². The molecule has 0 saturated heterocycles. The zero-order valence-electron chi connectivity index (χ0n) is 22.8. The molecular formula is C33H32N2O6. The van der Waals surface area contributed by atoms with Crippen LogP contribution in [0.25, 0.3) is 0 Å². The monoisotopic (exact) mass is 552 g/mol. The molecule has 0 spiro atoms. The molecule has 1 atom stereocenters. The SMILES string of the molecule is COc1ccc(CN(C(=O)COc2ccccc2)C(Cc2ccccc2)C(=O)NCc2ccc3c(c2)OCO3)cc1. The van der Waals surface area contributed by atoms with Gasteiger partial charge >= 0.3 is 0 Å². The molecule has 210 valence electrons. The van der Waals surface area contributed by atoms with Crippen molar-refractivity contribution in [2.45, 2.75) is 25.6 Å². The Hall–Kier alpha value is -4.98. The molecule has 1 unspecified atom stereocenters. The Kier molecular flexibility index (Phi) is 9.01. The number of carbonyl (C=O) groups excluding carboxylic acids is 2. The Morgan fingerprint density at radius 2 is 1.49 bits per heavy atom. The van der Waals surface area contributed by atoms with Gasteiger partial charge in [0.05, 0.1) is 7.11 Å². The molecule has 0 fully saturated rings. The van der Waals surface area contributed by atoms with Crippen LogP contribution in [0.4, 0.5) is 0 Å². The summed E-state index contributed by atoms with van der Waals surface area (Å²) in [7, 11) is 1.60. The first-order valence-electron chi connectivity index (χ1n) is 13.4. The molecule has 41 heavy (non-hydrogen) atoms. The van der Waals surface area contributed by atoms with Crippen molar-refractivity contribution >= 4 is 11.8 Å². The normalized spacial score (nSPS) is 12.3. The number of nitrogens with zero attached hydrogens (tertiary/aromatic N) is 1. The van der Waals surface area contributed by atoms with Crippen LogP contribution < -0.4 is 24.3 Å². The third-order valence-electron chi connectivity index (χ3n) is 6.79. The fourth-order valence-corrected chi connectivity index (χ4v) is 4.58. The summed E-state index contributed by atoms with van der Waals surface area (Å²) < 4.78 is 22.0. The lowest BCUT2D eigenvalue weighted by Crippen LogP contribution is -2.51. The molecule has 2 amide bonds. The van der Waals surface area contributed by atoms with Crippen molar-refractivity contribution in [2.24, 2.45) is 0 Å². The maximum Gasteiger partial charge on any atom is 0.261 e. The number of ether oxygens (including phenoxy) is 4. The summed E-state index contributed by atoms with van der Waals surface area (Å²) in [6, 6.07) is 31.0. The van der Waals surface area contributed by atoms with Crippen LogP contribution in [0.2, 0.25) is 0 Å². The Morgan fingerprint density at radius 1 is 0.805 bits per heavy atom. The highest BCUT2D eigenvalue weighted by Gasteiger charge is 2.31. The molecule has 5 rings (SSSR count). The first kappa shape index (κ1) is 27.6. The number of amides is 2. The molecule has 4 aromatic carbocycles. The van der Waals surface area contributed by atoms with Crippen LogP contribution in [-0.2, 0) is 29.1 Å². The molecular weight excluding hydrogens is 520 g/mol. The molecule has 0 aliphatic carbocycles. The standard InChI is InChI=1S/C33H32N2O6/c1-38-27-15-12-25(13-16-27)21-35(32(36)22-39-28-10-6-3-7-11-28)29(18-24-8-4-2-5-9-24)33(37)34-20-26-14-17-30-31(19-26)41-23-40-30/h2-17,19,29H,18,20-23H2,1H3,(H,34,37). The minimum absolute atomic E-state index is 0.178. The van der Waals surface area contributed by atoms with Crippen LogP contribution in [0.3, 0.4) is 0 Å². The molecule has 0 bridgehead atoms. The molecule has 1 heterocycles. The predicted molar refractivity (Wildman–Crippen MR) is 154 cm³/mol. The highest BCUT2D eigenvalue weighted by molar-refractivity contribution is 5.88. The van der Waals surface area contributed by atoms with Crippen molar-refractivity contribution < 1.29 is 28.5 Å². The lowest BCUT2D eigenvalue weighted by molar-refractivity contribution is -0.142. The number of carbonyl (C=O) groups is 2. The largest absolute Gasteiger partial charge is 0.497 e. The third-order valence-corrected chi connectivity index (χ3v) is 6.79. The Balaban J connectivity index is 1.39. The number of rotatable bonds is 12. The lowest BCUT2D eigenvalue weighted by atomic mass is 10.0. The van der Waals surface area contributed by atoms with Crippen LogP contribution in [0.15, 0.2) is 103 Å². The van der Waals surface area contributed by atoms with Crippen molar-refractivity contribution in [1.29, 1.82) is 0 Å². The Labute approximate surface area is 239 Å². The molecule has 4 aromatic rings. The van der Waals surface area contributed by atoms with E-state index in [2.05, 4.69) is 5.32 Å². The fraction of sp³-hybridized carbons (Fsp3) is 0.212. The summed E-state index contributed by atoms with van der Waals surface area (Å²) in [5, 5.41) is 3.03. The van der Waals surface area contributed by atoms with Gasteiger partial charge in [0, 0.05) is 19.5 Å². The Morgan fingerprint density at radius 3 is 2.22 bits per heavy atom. The number of fused-ring (bicyclic) bond motifs is 1. The molecule has 0 saturated carbocycles. The molecule has 0 aromatic heterocycles. The minimum Gasteiger partial charge on any atom is -0.497 e. The van der Waals surface area contributed by atoms with E-state index in [1.54, 1.807) is 24.1 Å². The van der Waals surface area contributed by atoms with Gasteiger partial charge in [-0.1, -0.05) is 66.7 Å². The van der Waals surface area contributed by atoms with E-state index < -0.39 is 6.04 Å². The molecule has 8 nitrogen and oxygen atoms in total. The van der Waals surface area contributed by atoms with E-state index in [0.717, 1.165) is 16.7 Å². The quantitative estimate of drug-likeness (QED) is 0.273. The molecule has 0 radical (unpaired) electrons. The maximum atomic E-state index is 13.8. The second-order valence-corrected chi connectivity index (χ2v) is 9.58. The third kappa shape index (κ3) is 7.36. The molecule has 8 heteroatoms. The number of para-hydroxylation sites is 1. The van der Waals surface area contributed by atoms with E-state index in [0.29, 0.717) is 29.4 Å². The van der Waals surface area contributed by atoms with Crippen LogP contribution in [0, 0.1) is 0 Å². The van der Waals surface area contributed by atoms with Crippen molar-refractivity contribution in [3.63, 3.8) is 0 Å². The van der Waals surface area contributed by atoms with E-state index >= 15 is 0 Å². The van der Waals surface area contributed by atoms with Gasteiger partial charge in [-0.25, -0.2) is 0 Å². The molecule has 1 N–H and O–H groups in total. The summed E-state index contributed by atoms with van der Waals surface area (Å²) in [6.07, 6.45) is 0.334. The van der Waals surface area contributed by atoms with Gasteiger partial charge in [0.25, 0.3) is 5.91 Å². The zero-order chi connectivity index (χ0) is 28.4. The summed E-state index contributed by atoms with van der Waals surface area (Å²) in [5.41, 5.74) is 2.66. The molecule has 1 aliphatic rings. The maximum absolute atomic E-state index is 13.8. The second-order valence-electron chi connectivity index (χ2n) is 9.58. The highest BCUT2D eigenvalue weighted by Crippen LogP contribution is 2.32. The van der Waals surface area contributed by atoms with Crippen molar-refractivity contribution in [3.05, 3.63) is 120 Å². The van der Waals surface area contributed by atoms with Crippen LogP contribution >= 0.6 is 0 Å². The van der Waals surface area contributed by atoms with E-state index in [9.17, 15) is 9.59 Å². The van der Waals surface area contributed by atoms with Crippen molar-refractivity contribution in [3.8, 4) is 23.0 Å². The minimum atomic E-state index is -0.791. The predicted octanol–water partition coefficient (Wildman–Crippen LogP) is 4.76. The summed E-state index contributed by atoms with van der Waals surface area (Å²) in [6.45, 7) is 0.459. The van der Waals surface area contributed by atoms with E-state index in [-0.39, 0.29) is 38.3 Å². The summed E-state index contributed by atoms with van der Waals surface area (Å²) in [4.78, 5) is 29.2. The van der Waals surface area contributed by atoms with Gasteiger partial charge in [0.1, 0.15) is 17.5 Å². The van der Waals surface area contributed by atoms with Gasteiger partial charge in [0.2, 0.25) is 12.7 Å². The first-order valence-corrected chi connectivity index (χ1v) is 13.4. The van der Waals surface area contributed by atoms with Crippen LogP contribution in [0.1, 0.15) is 16.7 Å². The van der Waals surface area contributed by atoms with E-state index in [4.69, 9.17) is 18.9 Å². The fourth-order valence-electron chi connectivity index (χ4n) is 4.58. The summed E-state index contributed by atoms with van der Waals surface area (Å²) in [5.74, 6) is 2.04. The second kappa shape index (κ2) is 13.4. The van der Waals surface area contributed by atoms with Gasteiger partial charge in [-0.3, -0.25) is 9.59 Å². The average molecular weight is 553 g/mol. The van der Waals surface area contributed by atoms with Crippen molar-refractivity contribution in [1.82, 2.24) is 10.2 Å². The summed E-state index contributed by atoms with van der Waals surface area (Å²) >= 11 is 0. The van der Waals surface area contributed by atoms with Crippen molar-refractivity contribution in [2.75, 3.05) is 20.5 Å². The number of hydrogen-bond acceptors (Lipinski definition) is 6. The van der Waals surface area contributed by atoms with Gasteiger partial charge in [-0.2, -0.15) is 0 Å². The number of hydrogen-bond donors (Lipinski definition) is 1. The highest BCUT2D eigenvalue weighted by atomic mass is 16.7. The van der Waals surface area contributed by atoms with Gasteiger partial charge in [-0.05, 0) is 53.1 Å². The van der Waals surface area contributed by atoms with Gasteiger partial charge < -0.3 is 29.2 Å². The first-order chi connectivity index (χ1) is 20.1. The number of nitrogens with one attached hydrogen (secondary N) is 1. The van der Waals surface area contributed by atoms with E-state index in [1.165, 1.54) is 0 Å². The average Bonchev–Trinajstić information content (AvgIpc) is 3.50. The topological polar surface area (TPSA) is 86.3 Å². The number of methoxy groups -OCH3 is 1. The van der Waals surface area contributed by atoms with Gasteiger partial charge in [-0.15, -0.1) is 0 Å². The lowest BCUT2D eigenvalue weighted by Gasteiger charge is -2.31.